The highest BCUT2D eigenvalue weighted by atomic mass is 16.3. The van der Waals surface area contributed by atoms with Crippen LogP contribution in [0.25, 0.3) is 0 Å². The Morgan fingerprint density at radius 1 is 1.64 bits per heavy atom. The van der Waals surface area contributed by atoms with E-state index in [-0.39, 0.29) is 0 Å². The van der Waals surface area contributed by atoms with Crippen molar-refractivity contribution in [2.45, 2.75) is 25.3 Å². The Bertz CT molecular complexity index is 217. The van der Waals surface area contributed by atoms with Gasteiger partial charge in [-0.2, -0.15) is 0 Å². The summed E-state index contributed by atoms with van der Waals surface area (Å²) in [5.41, 5.74) is 0. The number of furan rings is 1. The molecule has 1 aromatic rings. The van der Waals surface area contributed by atoms with Crippen molar-refractivity contribution >= 4 is 0 Å². The minimum Gasteiger partial charge on any atom is -0.469 e. The van der Waals surface area contributed by atoms with Crippen molar-refractivity contribution in [2.75, 3.05) is 6.54 Å². The molecule has 0 saturated carbocycles. The van der Waals surface area contributed by atoms with Crippen LogP contribution in [0.15, 0.2) is 22.8 Å². The zero-order chi connectivity index (χ0) is 7.68. The van der Waals surface area contributed by atoms with Crippen LogP contribution in [-0.2, 0) is 0 Å². The van der Waals surface area contributed by atoms with E-state index in [4.69, 9.17) is 4.42 Å². The SMILES string of the molecule is CC1NCCC1c1ccco1. The highest BCUT2D eigenvalue weighted by Gasteiger charge is 2.25. The van der Waals surface area contributed by atoms with Crippen LogP contribution in [0.1, 0.15) is 25.0 Å². The van der Waals surface area contributed by atoms with Gasteiger partial charge in [-0.25, -0.2) is 0 Å². The summed E-state index contributed by atoms with van der Waals surface area (Å²) in [7, 11) is 0. The fourth-order valence-electron chi connectivity index (χ4n) is 1.75. The molecule has 0 aromatic carbocycles. The fraction of sp³-hybridized carbons (Fsp3) is 0.556. The van der Waals surface area contributed by atoms with E-state index >= 15 is 0 Å². The van der Waals surface area contributed by atoms with Gasteiger partial charge in [0.25, 0.3) is 0 Å². The monoisotopic (exact) mass is 151 g/mol. The minimum atomic E-state index is 0.571. The van der Waals surface area contributed by atoms with E-state index in [1.54, 1.807) is 6.26 Å². The molecule has 2 rings (SSSR count). The van der Waals surface area contributed by atoms with Crippen LogP contribution in [0, 0.1) is 0 Å². The Hall–Kier alpha value is -0.760. The lowest BCUT2D eigenvalue weighted by Crippen LogP contribution is -2.21. The first kappa shape index (κ1) is 6.92. The van der Waals surface area contributed by atoms with E-state index in [2.05, 4.69) is 18.3 Å². The smallest absolute Gasteiger partial charge is 0.108 e. The average Bonchev–Trinajstić information content (AvgIpc) is 2.55. The first-order chi connectivity index (χ1) is 5.38. The second-order valence-corrected chi connectivity index (χ2v) is 3.15. The van der Waals surface area contributed by atoms with Crippen molar-refractivity contribution in [1.82, 2.24) is 5.32 Å². The van der Waals surface area contributed by atoms with Gasteiger partial charge in [0.15, 0.2) is 0 Å². The summed E-state index contributed by atoms with van der Waals surface area (Å²) in [5, 5.41) is 3.40. The quantitative estimate of drug-likeness (QED) is 0.661. The van der Waals surface area contributed by atoms with E-state index in [0.717, 1.165) is 12.3 Å². The molecule has 1 aliphatic heterocycles. The molecular formula is C9H13NO. The summed E-state index contributed by atoms with van der Waals surface area (Å²) in [4.78, 5) is 0. The molecule has 1 saturated heterocycles. The van der Waals surface area contributed by atoms with Crippen molar-refractivity contribution in [2.24, 2.45) is 0 Å². The number of rotatable bonds is 1. The van der Waals surface area contributed by atoms with Gasteiger partial charge in [0.2, 0.25) is 0 Å². The van der Waals surface area contributed by atoms with Gasteiger partial charge < -0.3 is 9.73 Å². The first-order valence-electron chi connectivity index (χ1n) is 4.15. The van der Waals surface area contributed by atoms with Gasteiger partial charge >= 0.3 is 0 Å². The molecular weight excluding hydrogens is 138 g/mol. The zero-order valence-corrected chi connectivity index (χ0v) is 6.71. The van der Waals surface area contributed by atoms with Gasteiger partial charge in [-0.05, 0) is 32.0 Å². The van der Waals surface area contributed by atoms with Gasteiger partial charge in [0, 0.05) is 12.0 Å². The normalized spacial score (nSPS) is 31.0. The summed E-state index contributed by atoms with van der Waals surface area (Å²) in [6.45, 7) is 3.33. The van der Waals surface area contributed by atoms with Crippen molar-refractivity contribution in [1.29, 1.82) is 0 Å². The van der Waals surface area contributed by atoms with Crippen LogP contribution in [0.2, 0.25) is 0 Å². The van der Waals surface area contributed by atoms with Crippen molar-refractivity contribution in [3.05, 3.63) is 24.2 Å². The number of hydrogen-bond donors (Lipinski definition) is 1. The number of hydrogen-bond acceptors (Lipinski definition) is 2. The maximum absolute atomic E-state index is 5.35. The summed E-state index contributed by atoms with van der Waals surface area (Å²) in [5.74, 6) is 1.72. The summed E-state index contributed by atoms with van der Waals surface area (Å²) in [6, 6.07) is 4.59. The Labute approximate surface area is 66.6 Å². The van der Waals surface area contributed by atoms with Gasteiger partial charge in [0.05, 0.1) is 6.26 Å². The summed E-state index contributed by atoms with van der Waals surface area (Å²) >= 11 is 0. The Balaban J connectivity index is 2.16. The molecule has 2 heterocycles. The molecule has 1 aliphatic rings. The van der Waals surface area contributed by atoms with Crippen LogP contribution in [0.4, 0.5) is 0 Å². The largest absolute Gasteiger partial charge is 0.469 e. The van der Waals surface area contributed by atoms with E-state index in [1.165, 1.54) is 6.42 Å². The molecule has 2 heteroatoms. The lowest BCUT2D eigenvalue weighted by atomic mass is 9.99. The highest BCUT2D eigenvalue weighted by Crippen LogP contribution is 2.27. The second-order valence-electron chi connectivity index (χ2n) is 3.15. The van der Waals surface area contributed by atoms with Gasteiger partial charge in [0.1, 0.15) is 5.76 Å². The van der Waals surface area contributed by atoms with Crippen LogP contribution >= 0.6 is 0 Å². The van der Waals surface area contributed by atoms with E-state index in [0.29, 0.717) is 12.0 Å². The zero-order valence-electron chi connectivity index (χ0n) is 6.71. The van der Waals surface area contributed by atoms with Crippen LogP contribution < -0.4 is 5.32 Å². The van der Waals surface area contributed by atoms with Crippen LogP contribution in [0.5, 0.6) is 0 Å². The van der Waals surface area contributed by atoms with E-state index < -0.39 is 0 Å². The lowest BCUT2D eigenvalue weighted by Gasteiger charge is -2.10. The van der Waals surface area contributed by atoms with Crippen molar-refractivity contribution < 1.29 is 4.42 Å². The fourth-order valence-corrected chi connectivity index (χ4v) is 1.75. The predicted molar refractivity (Wildman–Crippen MR) is 43.5 cm³/mol. The minimum absolute atomic E-state index is 0.571. The topological polar surface area (TPSA) is 25.2 Å². The third-order valence-corrected chi connectivity index (χ3v) is 2.43. The molecule has 1 aromatic heterocycles. The molecule has 1 fully saturated rings. The summed E-state index contributed by atoms with van der Waals surface area (Å²) < 4.78 is 5.35. The maximum atomic E-state index is 5.35. The molecule has 0 radical (unpaired) electrons. The average molecular weight is 151 g/mol. The number of nitrogens with one attached hydrogen (secondary N) is 1. The highest BCUT2D eigenvalue weighted by molar-refractivity contribution is 5.10. The van der Waals surface area contributed by atoms with Crippen molar-refractivity contribution in [3.8, 4) is 0 Å². The third kappa shape index (κ3) is 1.18. The Kier molecular flexibility index (Phi) is 1.70. The molecule has 0 bridgehead atoms. The van der Waals surface area contributed by atoms with Gasteiger partial charge in [-0.1, -0.05) is 0 Å². The lowest BCUT2D eigenvalue weighted by molar-refractivity contribution is 0.442. The molecule has 11 heavy (non-hydrogen) atoms. The predicted octanol–water partition coefficient (Wildman–Crippen LogP) is 1.75. The second kappa shape index (κ2) is 2.70. The molecule has 1 N–H and O–H groups in total. The van der Waals surface area contributed by atoms with E-state index in [1.807, 2.05) is 6.07 Å². The Morgan fingerprint density at radius 3 is 3.09 bits per heavy atom. The van der Waals surface area contributed by atoms with Gasteiger partial charge in [-0.15, -0.1) is 0 Å². The third-order valence-electron chi connectivity index (χ3n) is 2.43. The standard InChI is InChI=1S/C9H13NO/c1-7-8(4-5-10-7)9-3-2-6-11-9/h2-3,6-8,10H,4-5H2,1H3. The Morgan fingerprint density at radius 2 is 2.55 bits per heavy atom. The maximum Gasteiger partial charge on any atom is 0.108 e. The first-order valence-corrected chi connectivity index (χ1v) is 4.15. The molecule has 2 atom stereocenters. The van der Waals surface area contributed by atoms with Gasteiger partial charge in [-0.3, -0.25) is 0 Å². The summed E-state index contributed by atoms with van der Waals surface area (Å²) in [6.07, 6.45) is 2.95. The van der Waals surface area contributed by atoms with Crippen LogP contribution in [-0.4, -0.2) is 12.6 Å². The molecule has 0 spiro atoms. The van der Waals surface area contributed by atoms with Crippen LogP contribution in [0.3, 0.4) is 0 Å². The molecule has 0 amide bonds. The molecule has 0 aliphatic carbocycles. The molecule has 2 nitrogen and oxygen atoms in total. The van der Waals surface area contributed by atoms with Crippen molar-refractivity contribution in [3.63, 3.8) is 0 Å². The molecule has 2 unspecified atom stereocenters. The van der Waals surface area contributed by atoms with E-state index in [9.17, 15) is 0 Å². The molecule has 60 valence electrons.